The van der Waals surface area contributed by atoms with Crippen molar-refractivity contribution in [3.8, 4) is 11.5 Å². The van der Waals surface area contributed by atoms with E-state index in [4.69, 9.17) is 14.6 Å². The standard InChI is InChI=1S/C18H14Br4O6S/c1-9(2)18(24)28-17-14(21)7-11(8-15(17)22)29(25,26)10-5-12(19)16(13(20)6-10)27-4-3-23/h5-8,23H,1,3-4H2,2H3. The third kappa shape index (κ3) is 5.71. The van der Waals surface area contributed by atoms with Crippen molar-refractivity contribution in [2.45, 2.75) is 16.7 Å². The Bertz CT molecular complexity index is 1040. The lowest BCUT2D eigenvalue weighted by atomic mass is 10.3. The van der Waals surface area contributed by atoms with Crippen molar-refractivity contribution < 1.29 is 27.8 Å². The minimum Gasteiger partial charge on any atom is -0.489 e. The van der Waals surface area contributed by atoms with Crippen LogP contribution in [0.25, 0.3) is 0 Å². The van der Waals surface area contributed by atoms with Crippen LogP contribution in [0.3, 0.4) is 0 Å². The summed E-state index contributed by atoms with van der Waals surface area (Å²) >= 11 is 13.1. The van der Waals surface area contributed by atoms with Gasteiger partial charge in [-0.1, -0.05) is 6.58 Å². The maximum absolute atomic E-state index is 13.1. The number of ether oxygens (including phenoxy) is 2. The van der Waals surface area contributed by atoms with E-state index in [2.05, 4.69) is 70.3 Å². The van der Waals surface area contributed by atoms with Crippen LogP contribution in [0.4, 0.5) is 0 Å². The van der Waals surface area contributed by atoms with E-state index in [1.807, 2.05) is 0 Å². The lowest BCUT2D eigenvalue weighted by molar-refractivity contribution is -0.130. The van der Waals surface area contributed by atoms with Crippen molar-refractivity contribution in [1.29, 1.82) is 0 Å². The predicted octanol–water partition coefficient (Wildman–Crippen LogP) is 5.42. The number of carbonyl (C=O) groups excluding carboxylic acids is 1. The zero-order valence-corrected chi connectivity index (χ0v) is 22.0. The van der Waals surface area contributed by atoms with Crippen molar-refractivity contribution >= 4 is 79.5 Å². The molecule has 0 radical (unpaired) electrons. The minimum absolute atomic E-state index is 0.0121. The largest absolute Gasteiger partial charge is 0.489 e. The van der Waals surface area contributed by atoms with Gasteiger partial charge >= 0.3 is 5.97 Å². The van der Waals surface area contributed by atoms with Crippen molar-refractivity contribution in [2.75, 3.05) is 13.2 Å². The number of hydrogen-bond donors (Lipinski definition) is 1. The molecule has 0 aliphatic rings. The van der Waals surface area contributed by atoms with E-state index in [0.717, 1.165) is 0 Å². The highest BCUT2D eigenvalue weighted by Gasteiger charge is 2.24. The molecule has 0 heterocycles. The average Bonchev–Trinajstić information content (AvgIpc) is 2.63. The monoisotopic (exact) mass is 674 g/mol. The molecule has 1 N–H and O–H groups in total. The summed E-state index contributed by atoms with van der Waals surface area (Å²) in [6.07, 6.45) is 0. The molecule has 0 aliphatic carbocycles. The second-order valence-electron chi connectivity index (χ2n) is 5.68. The van der Waals surface area contributed by atoms with Crippen molar-refractivity contribution in [1.82, 2.24) is 0 Å². The molecule has 0 unspecified atom stereocenters. The van der Waals surface area contributed by atoms with Gasteiger partial charge in [0.1, 0.15) is 12.4 Å². The topological polar surface area (TPSA) is 89.9 Å². The Balaban J connectivity index is 2.49. The maximum atomic E-state index is 13.1. The summed E-state index contributed by atoms with van der Waals surface area (Å²) in [6, 6.07) is 5.51. The SMILES string of the molecule is C=C(C)C(=O)Oc1c(Br)cc(S(=O)(=O)c2cc(Br)c(OCCO)c(Br)c2)cc1Br. The van der Waals surface area contributed by atoms with Crippen molar-refractivity contribution in [3.05, 3.63) is 54.3 Å². The van der Waals surface area contributed by atoms with Gasteiger partial charge in [-0.25, -0.2) is 13.2 Å². The Hall–Kier alpha value is -0.720. The first-order valence-corrected chi connectivity index (χ1v) is 12.5. The Labute approximate surface area is 201 Å². The van der Waals surface area contributed by atoms with Gasteiger partial charge in [0.2, 0.25) is 9.84 Å². The van der Waals surface area contributed by atoms with Crippen molar-refractivity contribution in [3.63, 3.8) is 0 Å². The molecule has 0 saturated carbocycles. The summed E-state index contributed by atoms with van der Waals surface area (Å²) < 4.78 is 38.2. The highest BCUT2D eigenvalue weighted by Crippen LogP contribution is 2.40. The van der Waals surface area contributed by atoms with Crippen LogP contribution in [0.2, 0.25) is 0 Å². The molecule has 0 fully saturated rings. The summed E-state index contributed by atoms with van der Waals surface area (Å²) in [4.78, 5) is 11.8. The van der Waals surface area contributed by atoms with E-state index in [-0.39, 0.29) is 43.3 Å². The van der Waals surface area contributed by atoms with Crippen LogP contribution >= 0.6 is 63.7 Å². The summed E-state index contributed by atoms with van der Waals surface area (Å²) in [5, 5.41) is 8.90. The number of aliphatic hydroxyl groups is 1. The summed E-state index contributed by atoms with van der Waals surface area (Å²) in [5.74, 6) is -0.109. The first-order valence-electron chi connectivity index (χ1n) is 7.83. The fourth-order valence-corrected chi connectivity index (χ4v) is 6.82. The molecular formula is C18H14Br4O6S. The van der Waals surface area contributed by atoms with Crippen LogP contribution in [0.15, 0.2) is 64.1 Å². The first kappa shape index (κ1) is 24.5. The Morgan fingerprint density at radius 3 is 1.76 bits per heavy atom. The van der Waals surface area contributed by atoms with E-state index in [9.17, 15) is 13.2 Å². The van der Waals surface area contributed by atoms with Crippen LogP contribution in [0.5, 0.6) is 11.5 Å². The van der Waals surface area contributed by atoms with E-state index in [1.165, 1.54) is 31.2 Å². The highest BCUT2D eigenvalue weighted by molar-refractivity contribution is 9.11. The van der Waals surface area contributed by atoms with Crippen LogP contribution in [-0.4, -0.2) is 32.7 Å². The van der Waals surface area contributed by atoms with Gasteiger partial charge in [0.25, 0.3) is 0 Å². The lowest BCUT2D eigenvalue weighted by Gasteiger charge is -2.14. The number of rotatable bonds is 7. The van der Waals surface area contributed by atoms with Gasteiger partial charge in [-0.05, 0) is 94.9 Å². The van der Waals surface area contributed by atoms with E-state index in [0.29, 0.717) is 14.7 Å². The molecule has 0 aromatic heterocycles. The van der Waals surface area contributed by atoms with Gasteiger partial charge in [-0.2, -0.15) is 0 Å². The quantitative estimate of drug-likeness (QED) is 0.239. The second-order valence-corrected chi connectivity index (χ2v) is 11.0. The molecule has 6 nitrogen and oxygen atoms in total. The molecule has 0 saturated heterocycles. The average molecular weight is 678 g/mol. The van der Waals surface area contributed by atoms with E-state index in [1.54, 1.807) is 0 Å². The number of benzene rings is 2. The number of halogens is 4. The Morgan fingerprint density at radius 2 is 1.38 bits per heavy atom. The fourth-order valence-electron chi connectivity index (χ4n) is 2.08. The summed E-state index contributed by atoms with van der Waals surface area (Å²) in [6.45, 7) is 4.91. The summed E-state index contributed by atoms with van der Waals surface area (Å²) in [7, 11) is -3.91. The molecule has 0 bridgehead atoms. The van der Waals surface area contributed by atoms with Gasteiger partial charge < -0.3 is 14.6 Å². The lowest BCUT2D eigenvalue weighted by Crippen LogP contribution is -2.10. The van der Waals surface area contributed by atoms with E-state index >= 15 is 0 Å². The van der Waals surface area contributed by atoms with Crippen LogP contribution < -0.4 is 9.47 Å². The number of hydrogen-bond acceptors (Lipinski definition) is 6. The zero-order chi connectivity index (χ0) is 21.9. The number of aliphatic hydroxyl groups excluding tert-OH is 1. The first-order chi connectivity index (χ1) is 13.5. The van der Waals surface area contributed by atoms with Crippen LogP contribution in [-0.2, 0) is 14.6 Å². The second kappa shape index (κ2) is 10.1. The molecule has 11 heteroatoms. The molecule has 2 rings (SSSR count). The zero-order valence-electron chi connectivity index (χ0n) is 14.8. The molecule has 0 spiro atoms. The van der Waals surface area contributed by atoms with Gasteiger partial charge in [0.05, 0.1) is 34.3 Å². The molecule has 0 amide bonds. The maximum Gasteiger partial charge on any atom is 0.338 e. The molecule has 29 heavy (non-hydrogen) atoms. The van der Waals surface area contributed by atoms with E-state index < -0.39 is 15.8 Å². The smallest absolute Gasteiger partial charge is 0.338 e. The third-order valence-electron chi connectivity index (χ3n) is 3.45. The number of esters is 1. The van der Waals surface area contributed by atoms with Gasteiger partial charge in [-0.3, -0.25) is 0 Å². The summed E-state index contributed by atoms with van der Waals surface area (Å²) in [5.41, 5.74) is 0.207. The molecule has 156 valence electrons. The predicted molar refractivity (Wildman–Crippen MR) is 122 cm³/mol. The Kier molecular flexibility index (Phi) is 8.51. The number of sulfone groups is 1. The number of carbonyl (C=O) groups is 1. The van der Waals surface area contributed by atoms with Gasteiger partial charge in [0.15, 0.2) is 5.75 Å². The minimum atomic E-state index is -3.91. The highest BCUT2D eigenvalue weighted by atomic mass is 79.9. The van der Waals surface area contributed by atoms with Crippen molar-refractivity contribution in [2.24, 2.45) is 0 Å². The molecule has 2 aromatic rings. The van der Waals surface area contributed by atoms with Gasteiger partial charge in [-0.15, -0.1) is 0 Å². The molecule has 0 atom stereocenters. The normalized spacial score (nSPS) is 11.2. The fraction of sp³-hybridized carbons (Fsp3) is 0.167. The Morgan fingerprint density at radius 1 is 0.966 bits per heavy atom. The van der Waals surface area contributed by atoms with Crippen LogP contribution in [0, 0.1) is 0 Å². The van der Waals surface area contributed by atoms with Crippen LogP contribution in [0.1, 0.15) is 6.92 Å². The molecule has 2 aromatic carbocycles. The van der Waals surface area contributed by atoms with Gasteiger partial charge in [0, 0.05) is 5.57 Å². The molecular weight excluding hydrogens is 664 g/mol. The third-order valence-corrected chi connectivity index (χ3v) is 7.51. The molecule has 0 aliphatic heterocycles.